The minimum absolute atomic E-state index is 0.150. The fraction of sp³-hybridized carbons (Fsp3) is 0.727. The van der Waals surface area contributed by atoms with Crippen molar-refractivity contribution in [2.45, 2.75) is 32.6 Å². The van der Waals surface area contributed by atoms with Crippen LogP contribution in [-0.2, 0) is 9.53 Å². The molecule has 2 saturated carbocycles. The Morgan fingerprint density at radius 1 is 1.62 bits per heavy atom. The lowest BCUT2D eigenvalue weighted by atomic mass is 9.71. The topological polar surface area (TPSA) is 26.3 Å². The Morgan fingerprint density at radius 2 is 2.46 bits per heavy atom. The Labute approximate surface area is 79.0 Å². The van der Waals surface area contributed by atoms with Crippen LogP contribution >= 0.6 is 0 Å². The lowest BCUT2D eigenvalue weighted by Crippen LogP contribution is -2.24. The predicted molar refractivity (Wildman–Crippen MR) is 50.2 cm³/mol. The molecule has 72 valence electrons. The van der Waals surface area contributed by atoms with Gasteiger partial charge in [-0.25, -0.2) is 4.79 Å². The largest absolute Gasteiger partial charge is 0.463 e. The van der Waals surface area contributed by atoms with Crippen LogP contribution < -0.4 is 0 Å². The van der Waals surface area contributed by atoms with E-state index in [1.54, 1.807) is 6.08 Å². The highest BCUT2D eigenvalue weighted by Gasteiger charge is 2.39. The highest BCUT2D eigenvalue weighted by Crippen LogP contribution is 2.50. The van der Waals surface area contributed by atoms with Crippen LogP contribution in [0.3, 0.4) is 0 Å². The summed E-state index contributed by atoms with van der Waals surface area (Å²) in [7, 11) is 0. The maximum atomic E-state index is 11.1. The summed E-state index contributed by atoms with van der Waals surface area (Å²) in [5.41, 5.74) is 1.33. The number of fused-ring (bicyclic) bond motifs is 1. The van der Waals surface area contributed by atoms with Crippen LogP contribution in [0, 0.1) is 11.8 Å². The predicted octanol–water partition coefficient (Wildman–Crippen LogP) is 2.30. The Bertz CT molecular complexity index is 242. The molecule has 2 nitrogen and oxygen atoms in total. The molecule has 0 aliphatic heterocycles. The van der Waals surface area contributed by atoms with Crippen LogP contribution in [0.25, 0.3) is 0 Å². The molecule has 0 aromatic heterocycles. The molecule has 0 N–H and O–H groups in total. The van der Waals surface area contributed by atoms with Gasteiger partial charge in [0.15, 0.2) is 0 Å². The maximum Gasteiger partial charge on any atom is 0.330 e. The van der Waals surface area contributed by atoms with Crippen LogP contribution in [0.4, 0.5) is 0 Å². The molecule has 0 spiro atoms. The Kier molecular flexibility index (Phi) is 2.38. The summed E-state index contributed by atoms with van der Waals surface area (Å²) >= 11 is 0. The lowest BCUT2D eigenvalue weighted by molar-refractivity contribution is -0.137. The van der Waals surface area contributed by atoms with E-state index in [4.69, 9.17) is 4.74 Å². The molecule has 2 atom stereocenters. The number of carbonyl (C=O) groups is 1. The number of allylic oxidation sites excluding steroid dienone is 1. The zero-order valence-electron chi connectivity index (χ0n) is 8.08. The van der Waals surface area contributed by atoms with Gasteiger partial charge in [0.05, 0.1) is 6.61 Å². The van der Waals surface area contributed by atoms with Crippen molar-refractivity contribution in [1.82, 2.24) is 0 Å². The summed E-state index contributed by atoms with van der Waals surface area (Å²) in [6, 6.07) is 0. The van der Waals surface area contributed by atoms with Gasteiger partial charge in [-0.05, 0) is 38.0 Å². The van der Waals surface area contributed by atoms with E-state index in [2.05, 4.69) is 0 Å². The van der Waals surface area contributed by atoms with Gasteiger partial charge in [0.2, 0.25) is 0 Å². The molecular weight excluding hydrogens is 164 g/mol. The smallest absolute Gasteiger partial charge is 0.330 e. The molecule has 2 unspecified atom stereocenters. The average Bonchev–Trinajstić information content (AvgIpc) is 2.43. The molecular formula is C11H16O2. The summed E-state index contributed by atoms with van der Waals surface area (Å²) in [5.74, 6) is 1.47. The van der Waals surface area contributed by atoms with Crippen molar-refractivity contribution in [3.05, 3.63) is 11.6 Å². The first kappa shape index (κ1) is 8.79. The Morgan fingerprint density at radius 3 is 3.15 bits per heavy atom. The highest BCUT2D eigenvalue weighted by atomic mass is 16.5. The number of ether oxygens (including phenoxy) is 1. The second kappa shape index (κ2) is 3.52. The second-order valence-electron chi connectivity index (χ2n) is 3.97. The quantitative estimate of drug-likeness (QED) is 0.481. The Balaban J connectivity index is 1.91. The van der Waals surface area contributed by atoms with E-state index in [0.717, 1.165) is 18.3 Å². The lowest BCUT2D eigenvalue weighted by Gasteiger charge is -2.33. The van der Waals surface area contributed by atoms with Crippen molar-refractivity contribution < 1.29 is 9.53 Å². The van der Waals surface area contributed by atoms with Gasteiger partial charge in [-0.15, -0.1) is 0 Å². The van der Waals surface area contributed by atoms with Crippen molar-refractivity contribution >= 4 is 5.97 Å². The van der Waals surface area contributed by atoms with E-state index in [1.807, 2.05) is 6.92 Å². The first-order valence-corrected chi connectivity index (χ1v) is 5.18. The van der Waals surface area contributed by atoms with E-state index in [1.165, 1.54) is 24.8 Å². The highest BCUT2D eigenvalue weighted by molar-refractivity contribution is 5.83. The molecule has 2 aliphatic rings. The maximum absolute atomic E-state index is 11.1. The van der Waals surface area contributed by atoms with Crippen molar-refractivity contribution in [2.75, 3.05) is 6.61 Å². The molecule has 0 amide bonds. The van der Waals surface area contributed by atoms with Crippen molar-refractivity contribution in [1.29, 1.82) is 0 Å². The third-order valence-corrected chi connectivity index (χ3v) is 3.22. The molecule has 0 aromatic rings. The van der Waals surface area contributed by atoms with Crippen molar-refractivity contribution in [2.24, 2.45) is 11.8 Å². The first-order valence-electron chi connectivity index (χ1n) is 5.18. The Hall–Kier alpha value is -0.790. The monoisotopic (exact) mass is 180 g/mol. The number of hydrogen-bond acceptors (Lipinski definition) is 2. The molecule has 13 heavy (non-hydrogen) atoms. The molecule has 0 radical (unpaired) electrons. The number of hydrogen-bond donors (Lipinski definition) is 0. The first-order chi connectivity index (χ1) is 6.31. The molecule has 2 aliphatic carbocycles. The molecule has 0 aromatic carbocycles. The summed E-state index contributed by atoms with van der Waals surface area (Å²) < 4.78 is 4.88. The third kappa shape index (κ3) is 1.62. The van der Waals surface area contributed by atoms with Gasteiger partial charge in [0, 0.05) is 6.08 Å². The minimum Gasteiger partial charge on any atom is -0.463 e. The van der Waals surface area contributed by atoms with Gasteiger partial charge < -0.3 is 4.74 Å². The molecule has 0 heterocycles. The second-order valence-corrected chi connectivity index (χ2v) is 3.97. The van der Waals surface area contributed by atoms with Gasteiger partial charge in [-0.2, -0.15) is 0 Å². The molecule has 2 fully saturated rings. The van der Waals surface area contributed by atoms with Gasteiger partial charge in [-0.1, -0.05) is 12.0 Å². The van der Waals surface area contributed by atoms with Crippen molar-refractivity contribution in [3.8, 4) is 0 Å². The van der Waals surface area contributed by atoms with Gasteiger partial charge in [-0.3, -0.25) is 0 Å². The van der Waals surface area contributed by atoms with Gasteiger partial charge >= 0.3 is 5.97 Å². The molecule has 0 bridgehead atoms. The number of rotatable bonds is 2. The van der Waals surface area contributed by atoms with Crippen LogP contribution in [0.15, 0.2) is 11.6 Å². The van der Waals surface area contributed by atoms with Crippen LogP contribution in [-0.4, -0.2) is 12.6 Å². The van der Waals surface area contributed by atoms with E-state index < -0.39 is 0 Å². The summed E-state index contributed by atoms with van der Waals surface area (Å²) in [6.07, 6.45) is 6.86. The minimum atomic E-state index is -0.150. The SMILES string of the molecule is CCOC(=O)C=C1CC2CCCC12. The van der Waals surface area contributed by atoms with Gasteiger partial charge in [0.1, 0.15) is 0 Å². The molecule has 2 rings (SSSR count). The van der Waals surface area contributed by atoms with Crippen LogP contribution in [0.2, 0.25) is 0 Å². The number of carbonyl (C=O) groups excluding carboxylic acids is 1. The van der Waals surface area contributed by atoms with Crippen molar-refractivity contribution in [3.63, 3.8) is 0 Å². The zero-order valence-corrected chi connectivity index (χ0v) is 8.08. The van der Waals surface area contributed by atoms with E-state index in [9.17, 15) is 4.79 Å². The summed E-state index contributed by atoms with van der Waals surface area (Å²) in [5, 5.41) is 0. The zero-order chi connectivity index (χ0) is 9.26. The van der Waals surface area contributed by atoms with Crippen LogP contribution in [0.5, 0.6) is 0 Å². The van der Waals surface area contributed by atoms with Gasteiger partial charge in [0.25, 0.3) is 0 Å². The normalized spacial score (nSPS) is 34.1. The fourth-order valence-electron chi connectivity index (χ4n) is 2.56. The number of esters is 1. The summed E-state index contributed by atoms with van der Waals surface area (Å²) in [6.45, 7) is 2.33. The summed E-state index contributed by atoms with van der Waals surface area (Å²) in [4.78, 5) is 11.1. The molecule has 2 heteroatoms. The van der Waals surface area contributed by atoms with E-state index >= 15 is 0 Å². The average molecular weight is 180 g/mol. The fourth-order valence-corrected chi connectivity index (χ4v) is 2.56. The standard InChI is InChI=1S/C11H16O2/c1-2-13-11(12)7-9-6-8-4-3-5-10(8)9/h7-8,10H,2-6H2,1H3. The molecule has 0 saturated heterocycles. The van der Waals surface area contributed by atoms with E-state index in [0.29, 0.717) is 6.61 Å². The van der Waals surface area contributed by atoms with Crippen LogP contribution in [0.1, 0.15) is 32.6 Å². The van der Waals surface area contributed by atoms with E-state index in [-0.39, 0.29) is 5.97 Å². The third-order valence-electron chi connectivity index (χ3n) is 3.22.